The van der Waals surface area contributed by atoms with Crippen molar-refractivity contribution >= 4 is 16.6 Å². The van der Waals surface area contributed by atoms with Crippen molar-refractivity contribution in [3.8, 4) is 5.75 Å². The van der Waals surface area contributed by atoms with Crippen LogP contribution >= 0.6 is 0 Å². The molecule has 0 unspecified atom stereocenters. The molecule has 0 radical (unpaired) electrons. The molecule has 0 atom stereocenters. The molecular formula is C16H10F2N2O3. The molecule has 0 spiro atoms. The first-order chi connectivity index (χ1) is 11.0. The first kappa shape index (κ1) is 14.8. The van der Waals surface area contributed by atoms with Gasteiger partial charge >= 0.3 is 0 Å². The second-order valence-electron chi connectivity index (χ2n) is 4.80. The number of nitrogens with zero attached hydrogens (tertiary/aromatic N) is 2. The smallest absolute Gasteiger partial charge is 0.272 e. The summed E-state index contributed by atoms with van der Waals surface area (Å²) in [6.07, 6.45) is 1.57. The quantitative estimate of drug-likeness (QED) is 0.539. The minimum Gasteiger partial charge on any atom is -0.486 e. The van der Waals surface area contributed by atoms with Gasteiger partial charge in [-0.25, -0.2) is 8.78 Å². The normalized spacial score (nSPS) is 10.7. The fraction of sp³-hybridized carbons (Fsp3) is 0.0625. The van der Waals surface area contributed by atoms with Gasteiger partial charge in [0.2, 0.25) is 0 Å². The van der Waals surface area contributed by atoms with Crippen molar-refractivity contribution in [1.82, 2.24) is 4.98 Å². The predicted molar refractivity (Wildman–Crippen MR) is 79.1 cm³/mol. The minimum atomic E-state index is -0.854. The van der Waals surface area contributed by atoms with Gasteiger partial charge in [-0.05, 0) is 24.3 Å². The van der Waals surface area contributed by atoms with E-state index in [1.807, 2.05) is 0 Å². The summed E-state index contributed by atoms with van der Waals surface area (Å²) in [6, 6.07) is 9.08. The van der Waals surface area contributed by atoms with E-state index in [1.165, 1.54) is 18.2 Å². The van der Waals surface area contributed by atoms with E-state index < -0.39 is 16.6 Å². The number of benzene rings is 2. The van der Waals surface area contributed by atoms with Gasteiger partial charge in [-0.3, -0.25) is 15.1 Å². The predicted octanol–water partition coefficient (Wildman–Crippen LogP) is 4.00. The van der Waals surface area contributed by atoms with E-state index in [9.17, 15) is 18.9 Å². The van der Waals surface area contributed by atoms with Crippen LogP contribution in [0, 0.1) is 21.7 Å². The van der Waals surface area contributed by atoms with Crippen molar-refractivity contribution in [2.24, 2.45) is 0 Å². The number of halogens is 2. The monoisotopic (exact) mass is 316 g/mol. The van der Waals surface area contributed by atoms with Crippen LogP contribution in [-0.2, 0) is 6.61 Å². The Kier molecular flexibility index (Phi) is 3.84. The standard InChI is InChI=1S/C16H10F2N2O3/c17-12-6-10-2-1-5-19-16(10)11(7-12)9-23-15-4-3-13(20(21)22)8-14(15)18/h1-8H,9H2. The lowest BCUT2D eigenvalue weighted by Gasteiger charge is -2.09. The molecule has 0 fully saturated rings. The minimum absolute atomic E-state index is 0.111. The summed E-state index contributed by atoms with van der Waals surface area (Å²) in [5.41, 5.74) is 0.641. The van der Waals surface area contributed by atoms with E-state index in [0.29, 0.717) is 16.5 Å². The molecule has 116 valence electrons. The van der Waals surface area contributed by atoms with Crippen molar-refractivity contribution in [2.45, 2.75) is 6.61 Å². The lowest BCUT2D eigenvalue weighted by molar-refractivity contribution is -0.385. The number of nitro groups is 1. The molecule has 3 rings (SSSR count). The zero-order chi connectivity index (χ0) is 16.4. The highest BCUT2D eigenvalue weighted by Crippen LogP contribution is 2.25. The van der Waals surface area contributed by atoms with Crippen LogP contribution in [0.2, 0.25) is 0 Å². The number of aromatic nitrogens is 1. The highest BCUT2D eigenvalue weighted by molar-refractivity contribution is 5.81. The third-order valence-electron chi connectivity index (χ3n) is 3.26. The molecule has 3 aromatic rings. The van der Waals surface area contributed by atoms with E-state index in [1.54, 1.807) is 18.3 Å². The van der Waals surface area contributed by atoms with Gasteiger partial charge < -0.3 is 4.74 Å². The van der Waals surface area contributed by atoms with Crippen molar-refractivity contribution in [3.63, 3.8) is 0 Å². The van der Waals surface area contributed by atoms with Crippen molar-refractivity contribution in [1.29, 1.82) is 0 Å². The average molecular weight is 316 g/mol. The highest BCUT2D eigenvalue weighted by atomic mass is 19.1. The van der Waals surface area contributed by atoms with Crippen LogP contribution in [0.4, 0.5) is 14.5 Å². The Balaban J connectivity index is 1.88. The summed E-state index contributed by atoms with van der Waals surface area (Å²) in [4.78, 5) is 14.0. The number of hydrogen-bond acceptors (Lipinski definition) is 4. The molecule has 0 bridgehead atoms. The van der Waals surface area contributed by atoms with Gasteiger partial charge in [0.25, 0.3) is 5.69 Å². The summed E-state index contributed by atoms with van der Waals surface area (Å²) in [5.74, 6) is -1.45. The summed E-state index contributed by atoms with van der Waals surface area (Å²) in [7, 11) is 0. The van der Waals surface area contributed by atoms with E-state index >= 15 is 0 Å². The Bertz CT molecular complexity index is 900. The molecule has 0 aliphatic heterocycles. The van der Waals surface area contributed by atoms with Crippen LogP contribution in [0.5, 0.6) is 5.75 Å². The van der Waals surface area contributed by atoms with Crippen molar-refractivity contribution < 1.29 is 18.4 Å². The Morgan fingerprint density at radius 1 is 1.17 bits per heavy atom. The third-order valence-corrected chi connectivity index (χ3v) is 3.26. The zero-order valence-electron chi connectivity index (χ0n) is 11.7. The molecule has 23 heavy (non-hydrogen) atoms. The Labute approximate surface area is 129 Å². The van der Waals surface area contributed by atoms with Crippen molar-refractivity contribution in [3.05, 3.63) is 76.0 Å². The van der Waals surface area contributed by atoms with Crippen molar-refractivity contribution in [2.75, 3.05) is 0 Å². The fourth-order valence-electron chi connectivity index (χ4n) is 2.21. The highest BCUT2D eigenvalue weighted by Gasteiger charge is 2.13. The molecular weight excluding hydrogens is 306 g/mol. The topological polar surface area (TPSA) is 65.3 Å². The van der Waals surface area contributed by atoms with Gasteiger partial charge in [0.15, 0.2) is 11.6 Å². The van der Waals surface area contributed by atoms with Crippen LogP contribution in [0.25, 0.3) is 10.9 Å². The molecule has 0 saturated heterocycles. The molecule has 7 heteroatoms. The van der Waals surface area contributed by atoms with Crippen LogP contribution in [0.1, 0.15) is 5.56 Å². The summed E-state index contributed by atoms with van der Waals surface area (Å²) in [5, 5.41) is 11.2. The maximum absolute atomic E-state index is 13.8. The number of non-ortho nitro benzene ring substituents is 1. The molecule has 0 aliphatic rings. The summed E-state index contributed by atoms with van der Waals surface area (Å²) < 4.78 is 32.7. The SMILES string of the molecule is O=[N+]([O-])c1ccc(OCc2cc(F)cc3cccnc23)c(F)c1. The lowest BCUT2D eigenvalue weighted by Crippen LogP contribution is -2.00. The summed E-state index contributed by atoms with van der Waals surface area (Å²) in [6.45, 7) is -0.111. The molecule has 0 saturated carbocycles. The van der Waals surface area contributed by atoms with E-state index in [-0.39, 0.29) is 18.0 Å². The molecule has 1 aromatic heterocycles. The zero-order valence-corrected chi connectivity index (χ0v) is 11.7. The molecule has 0 amide bonds. The van der Waals surface area contributed by atoms with Gasteiger partial charge in [0.05, 0.1) is 16.5 Å². The molecule has 5 nitrogen and oxygen atoms in total. The number of hydrogen-bond donors (Lipinski definition) is 0. The van der Waals surface area contributed by atoms with E-state index in [4.69, 9.17) is 4.74 Å². The Morgan fingerprint density at radius 2 is 2.00 bits per heavy atom. The van der Waals surface area contributed by atoms with Gasteiger partial charge in [-0.2, -0.15) is 0 Å². The van der Waals surface area contributed by atoms with E-state index in [2.05, 4.69) is 4.98 Å². The average Bonchev–Trinajstić information content (AvgIpc) is 2.53. The fourth-order valence-corrected chi connectivity index (χ4v) is 2.21. The van der Waals surface area contributed by atoms with Crippen LogP contribution in [-0.4, -0.2) is 9.91 Å². The maximum atomic E-state index is 13.8. The Morgan fingerprint density at radius 3 is 2.74 bits per heavy atom. The van der Waals surface area contributed by atoms with Gasteiger partial charge in [-0.1, -0.05) is 6.07 Å². The number of pyridine rings is 1. The maximum Gasteiger partial charge on any atom is 0.272 e. The van der Waals surface area contributed by atoms with Gasteiger partial charge in [0, 0.05) is 23.2 Å². The van der Waals surface area contributed by atoms with Crippen LogP contribution in [0.3, 0.4) is 0 Å². The second kappa shape index (κ2) is 5.96. The first-order valence-corrected chi connectivity index (χ1v) is 6.64. The number of fused-ring (bicyclic) bond motifs is 1. The third kappa shape index (κ3) is 3.08. The van der Waals surface area contributed by atoms with Crippen LogP contribution in [0.15, 0.2) is 48.7 Å². The lowest BCUT2D eigenvalue weighted by atomic mass is 10.1. The molecule has 0 aliphatic carbocycles. The molecule has 0 N–H and O–H groups in total. The number of nitro benzene ring substituents is 1. The largest absolute Gasteiger partial charge is 0.486 e. The van der Waals surface area contributed by atoms with Crippen LogP contribution < -0.4 is 4.74 Å². The number of ether oxygens (including phenoxy) is 1. The van der Waals surface area contributed by atoms with Gasteiger partial charge in [-0.15, -0.1) is 0 Å². The molecule has 1 heterocycles. The number of rotatable bonds is 4. The Hall–Kier alpha value is -3.09. The molecule has 2 aromatic carbocycles. The van der Waals surface area contributed by atoms with Gasteiger partial charge in [0.1, 0.15) is 12.4 Å². The first-order valence-electron chi connectivity index (χ1n) is 6.64. The van der Waals surface area contributed by atoms with E-state index in [0.717, 1.165) is 12.1 Å². The second-order valence-corrected chi connectivity index (χ2v) is 4.80. The summed E-state index contributed by atoms with van der Waals surface area (Å²) >= 11 is 0.